The summed E-state index contributed by atoms with van der Waals surface area (Å²) in [7, 11) is 0. The molecule has 1 aliphatic rings. The van der Waals surface area contributed by atoms with Crippen molar-refractivity contribution in [3.8, 4) is 0 Å². The van der Waals surface area contributed by atoms with Crippen molar-refractivity contribution in [2.24, 2.45) is 5.92 Å². The Morgan fingerprint density at radius 3 is 2.92 bits per heavy atom. The van der Waals surface area contributed by atoms with Crippen molar-refractivity contribution in [3.05, 3.63) is 12.3 Å². The third kappa shape index (κ3) is 2.54. The van der Waals surface area contributed by atoms with Gasteiger partial charge in [-0.1, -0.05) is 13.8 Å². The van der Waals surface area contributed by atoms with Gasteiger partial charge >= 0.3 is 0 Å². The number of carbonyl (C=O) groups excluding carboxylic acids is 1. The average Bonchev–Trinajstić information content (AvgIpc) is 2.06. The van der Waals surface area contributed by atoms with Gasteiger partial charge in [-0.05, 0) is 6.08 Å². The Morgan fingerprint density at radius 2 is 2.42 bits per heavy atom. The fraction of sp³-hybridized carbons (Fsp3) is 0.625. The first kappa shape index (κ1) is 9.06. The number of ether oxygens (including phenoxy) is 1. The third-order valence-electron chi connectivity index (χ3n) is 1.51. The number of hydrazine groups is 1. The number of carbonyl (C=O) groups is 1. The molecule has 0 bridgehead atoms. The fourth-order valence-corrected chi connectivity index (χ4v) is 0.773. The van der Waals surface area contributed by atoms with Gasteiger partial charge in [0, 0.05) is 12.1 Å². The molecule has 0 fully saturated rings. The molecule has 0 aromatic heterocycles. The second-order valence-corrected chi connectivity index (χ2v) is 2.99. The van der Waals surface area contributed by atoms with E-state index >= 15 is 0 Å². The van der Waals surface area contributed by atoms with Gasteiger partial charge < -0.3 is 4.74 Å². The first-order valence-corrected chi connectivity index (χ1v) is 4.01. The van der Waals surface area contributed by atoms with Crippen LogP contribution in [-0.2, 0) is 9.53 Å². The minimum atomic E-state index is 0.000302. The van der Waals surface area contributed by atoms with Crippen LogP contribution in [0.5, 0.6) is 0 Å². The van der Waals surface area contributed by atoms with Crippen LogP contribution in [0.3, 0.4) is 0 Å². The molecule has 0 atom stereocenters. The molecule has 4 heteroatoms. The molecular formula is C8H14N2O2. The minimum absolute atomic E-state index is 0.000302. The van der Waals surface area contributed by atoms with Gasteiger partial charge in [0.15, 0.2) is 0 Å². The van der Waals surface area contributed by atoms with E-state index in [9.17, 15) is 4.79 Å². The molecule has 1 aliphatic heterocycles. The van der Waals surface area contributed by atoms with Crippen LogP contribution in [0.15, 0.2) is 12.3 Å². The predicted molar refractivity (Wildman–Crippen MR) is 44.8 cm³/mol. The summed E-state index contributed by atoms with van der Waals surface area (Å²) in [6.45, 7) is 4.75. The molecule has 1 rings (SSSR count). The van der Waals surface area contributed by atoms with E-state index in [0.717, 1.165) is 0 Å². The molecule has 1 amide bonds. The van der Waals surface area contributed by atoms with Crippen LogP contribution in [0, 0.1) is 5.92 Å². The molecule has 0 aliphatic carbocycles. The van der Waals surface area contributed by atoms with Crippen LogP contribution in [0.1, 0.15) is 13.8 Å². The average molecular weight is 170 g/mol. The summed E-state index contributed by atoms with van der Waals surface area (Å²) in [6.07, 6.45) is 3.66. The molecule has 0 spiro atoms. The van der Waals surface area contributed by atoms with E-state index in [0.29, 0.717) is 13.3 Å². The molecule has 0 radical (unpaired) electrons. The third-order valence-corrected chi connectivity index (χ3v) is 1.51. The SMILES string of the molecule is CC(C)C(=O)NN1C=CCOC1. The van der Waals surface area contributed by atoms with Crippen molar-refractivity contribution >= 4 is 5.91 Å². The molecular weight excluding hydrogens is 156 g/mol. The molecule has 68 valence electrons. The zero-order valence-corrected chi connectivity index (χ0v) is 7.41. The van der Waals surface area contributed by atoms with Gasteiger partial charge in [-0.3, -0.25) is 15.2 Å². The van der Waals surface area contributed by atoms with Crippen molar-refractivity contribution in [1.29, 1.82) is 0 Å². The smallest absolute Gasteiger partial charge is 0.241 e. The summed E-state index contributed by atoms with van der Waals surface area (Å²) >= 11 is 0. The molecule has 12 heavy (non-hydrogen) atoms. The van der Waals surface area contributed by atoms with Crippen LogP contribution in [0.4, 0.5) is 0 Å². The van der Waals surface area contributed by atoms with Crippen LogP contribution in [0.25, 0.3) is 0 Å². The maximum atomic E-state index is 11.2. The number of rotatable bonds is 2. The van der Waals surface area contributed by atoms with Gasteiger partial charge in [0.05, 0.1) is 6.61 Å². The molecule has 0 aromatic carbocycles. The highest BCUT2D eigenvalue weighted by atomic mass is 16.5. The maximum Gasteiger partial charge on any atom is 0.241 e. The Labute approximate surface area is 72.2 Å². The van der Waals surface area contributed by atoms with E-state index in [1.807, 2.05) is 26.1 Å². The Morgan fingerprint density at radius 1 is 1.67 bits per heavy atom. The maximum absolute atomic E-state index is 11.2. The van der Waals surface area contributed by atoms with Gasteiger partial charge in [-0.25, -0.2) is 0 Å². The van der Waals surface area contributed by atoms with Crippen LogP contribution in [0.2, 0.25) is 0 Å². The van der Waals surface area contributed by atoms with Crippen molar-refractivity contribution in [2.75, 3.05) is 13.3 Å². The first-order chi connectivity index (χ1) is 5.70. The Hall–Kier alpha value is -1.03. The standard InChI is InChI=1S/C8H14N2O2/c1-7(2)8(11)9-10-4-3-5-12-6-10/h3-4,7H,5-6H2,1-2H3,(H,9,11). The molecule has 1 N–H and O–H groups in total. The molecule has 4 nitrogen and oxygen atoms in total. The summed E-state index contributed by atoms with van der Waals surface area (Å²) in [6, 6.07) is 0. The number of nitrogens with zero attached hydrogens (tertiary/aromatic N) is 1. The molecule has 1 heterocycles. The molecule has 0 saturated carbocycles. The normalized spacial score (nSPS) is 16.8. The second-order valence-electron chi connectivity index (χ2n) is 2.99. The Kier molecular flexibility index (Phi) is 3.10. The quantitative estimate of drug-likeness (QED) is 0.655. The lowest BCUT2D eigenvalue weighted by atomic mass is 10.2. The highest BCUT2D eigenvalue weighted by molar-refractivity contribution is 5.77. The van der Waals surface area contributed by atoms with E-state index in [2.05, 4.69) is 5.43 Å². The Bertz CT molecular complexity index is 189. The second kappa shape index (κ2) is 4.11. The highest BCUT2D eigenvalue weighted by Gasteiger charge is 2.10. The van der Waals surface area contributed by atoms with E-state index in [1.54, 1.807) is 5.01 Å². The molecule has 0 saturated heterocycles. The summed E-state index contributed by atoms with van der Waals surface area (Å²) in [5.41, 5.74) is 2.70. The summed E-state index contributed by atoms with van der Waals surface area (Å²) in [5.74, 6) is 0.00507. The first-order valence-electron chi connectivity index (χ1n) is 4.01. The van der Waals surface area contributed by atoms with Crippen LogP contribution >= 0.6 is 0 Å². The Balaban J connectivity index is 2.35. The van der Waals surface area contributed by atoms with Crippen molar-refractivity contribution in [2.45, 2.75) is 13.8 Å². The predicted octanol–water partition coefficient (Wildman–Crippen LogP) is 0.477. The van der Waals surface area contributed by atoms with Gasteiger partial charge in [-0.15, -0.1) is 0 Å². The molecule has 0 unspecified atom stereocenters. The zero-order valence-electron chi connectivity index (χ0n) is 7.41. The number of hydrogen-bond donors (Lipinski definition) is 1. The lowest BCUT2D eigenvalue weighted by molar-refractivity contribution is -0.130. The van der Waals surface area contributed by atoms with E-state index in [4.69, 9.17) is 4.74 Å². The summed E-state index contributed by atoms with van der Waals surface area (Å²) in [5, 5.41) is 1.63. The monoisotopic (exact) mass is 170 g/mol. The van der Waals surface area contributed by atoms with Gasteiger partial charge in [0.2, 0.25) is 5.91 Å². The van der Waals surface area contributed by atoms with Crippen LogP contribution < -0.4 is 5.43 Å². The lowest BCUT2D eigenvalue weighted by Crippen LogP contribution is -2.43. The van der Waals surface area contributed by atoms with Crippen LogP contribution in [-0.4, -0.2) is 24.3 Å². The van der Waals surface area contributed by atoms with Crippen molar-refractivity contribution in [1.82, 2.24) is 10.4 Å². The van der Waals surface area contributed by atoms with Gasteiger partial charge in [0.25, 0.3) is 0 Å². The number of hydrogen-bond acceptors (Lipinski definition) is 3. The van der Waals surface area contributed by atoms with E-state index < -0.39 is 0 Å². The zero-order chi connectivity index (χ0) is 8.97. The van der Waals surface area contributed by atoms with E-state index in [1.165, 1.54) is 0 Å². The van der Waals surface area contributed by atoms with Gasteiger partial charge in [0.1, 0.15) is 6.73 Å². The largest absolute Gasteiger partial charge is 0.355 e. The topological polar surface area (TPSA) is 41.6 Å². The summed E-state index contributed by atoms with van der Waals surface area (Å²) in [4.78, 5) is 11.2. The van der Waals surface area contributed by atoms with Gasteiger partial charge in [-0.2, -0.15) is 0 Å². The fourth-order valence-electron chi connectivity index (χ4n) is 0.773. The lowest BCUT2D eigenvalue weighted by Gasteiger charge is -2.24. The van der Waals surface area contributed by atoms with Crippen molar-refractivity contribution in [3.63, 3.8) is 0 Å². The van der Waals surface area contributed by atoms with E-state index in [-0.39, 0.29) is 11.8 Å². The highest BCUT2D eigenvalue weighted by Crippen LogP contribution is 1.97. The number of nitrogens with one attached hydrogen (secondary N) is 1. The summed E-state index contributed by atoms with van der Waals surface area (Å²) < 4.78 is 5.09. The molecule has 0 aromatic rings. The minimum Gasteiger partial charge on any atom is -0.355 e. The van der Waals surface area contributed by atoms with Crippen molar-refractivity contribution < 1.29 is 9.53 Å². The number of amides is 1.